The van der Waals surface area contributed by atoms with E-state index in [1.54, 1.807) is 4.68 Å². The fourth-order valence-corrected chi connectivity index (χ4v) is 3.48. The smallest absolute Gasteiger partial charge is 0.257 e. The van der Waals surface area contributed by atoms with Gasteiger partial charge in [-0.25, -0.2) is 0 Å². The van der Waals surface area contributed by atoms with Gasteiger partial charge in [-0.1, -0.05) is 6.07 Å². The van der Waals surface area contributed by atoms with Crippen molar-refractivity contribution < 1.29 is 9.53 Å². The van der Waals surface area contributed by atoms with E-state index in [1.165, 1.54) is 0 Å². The number of carbonyl (C=O) groups excluding carboxylic acids is 1. The number of carbonyl (C=O) groups is 1. The van der Waals surface area contributed by atoms with Crippen molar-refractivity contribution in [2.45, 2.75) is 12.1 Å². The number of amides is 1. The lowest BCUT2D eigenvalue weighted by atomic mass is 10.1. The van der Waals surface area contributed by atoms with Gasteiger partial charge in [0.2, 0.25) is 0 Å². The highest BCUT2D eigenvalue weighted by Crippen LogP contribution is 2.33. The van der Waals surface area contributed by atoms with Gasteiger partial charge in [-0.2, -0.15) is 5.10 Å². The van der Waals surface area contributed by atoms with Crippen molar-refractivity contribution in [2.24, 2.45) is 7.05 Å². The topological polar surface area (TPSA) is 50.6 Å². The Morgan fingerprint density at radius 1 is 1.17 bits per heavy atom. The molecule has 2 aromatic rings. The van der Waals surface area contributed by atoms with E-state index in [-0.39, 0.29) is 18.1 Å². The standard InChI is InChI=1S/C17H20N4O2/c1-19-9-14-16(10-19)23-15-6-11(12-7-18-20(2)8-12)4-5-13(15)17(22)21(14)3/h4-8,14,16H,9-10H2,1-3H3/t14-,16+/m1/s1. The summed E-state index contributed by atoms with van der Waals surface area (Å²) in [4.78, 5) is 16.8. The number of hydrogen-bond donors (Lipinski definition) is 0. The summed E-state index contributed by atoms with van der Waals surface area (Å²) in [6.45, 7) is 1.68. The summed E-state index contributed by atoms with van der Waals surface area (Å²) in [6.07, 6.45) is 3.79. The van der Waals surface area contributed by atoms with Gasteiger partial charge in [0.05, 0.1) is 17.8 Å². The molecule has 120 valence electrons. The first-order valence-electron chi connectivity index (χ1n) is 7.78. The van der Waals surface area contributed by atoms with Gasteiger partial charge >= 0.3 is 0 Å². The molecule has 0 N–H and O–H groups in total. The Labute approximate surface area is 135 Å². The number of fused-ring (bicyclic) bond motifs is 2. The van der Waals surface area contributed by atoms with Crippen molar-refractivity contribution in [3.05, 3.63) is 36.2 Å². The van der Waals surface area contributed by atoms with E-state index >= 15 is 0 Å². The van der Waals surface area contributed by atoms with Crippen LogP contribution in [0.2, 0.25) is 0 Å². The van der Waals surface area contributed by atoms with Gasteiger partial charge in [-0.15, -0.1) is 0 Å². The molecule has 0 saturated carbocycles. The number of likely N-dealkylation sites (N-methyl/N-ethyl adjacent to an activating group) is 2. The summed E-state index contributed by atoms with van der Waals surface area (Å²) in [5.74, 6) is 0.700. The lowest BCUT2D eigenvalue weighted by Gasteiger charge is -2.25. The van der Waals surface area contributed by atoms with Gasteiger partial charge in [-0.3, -0.25) is 9.48 Å². The van der Waals surface area contributed by atoms with Crippen molar-refractivity contribution in [2.75, 3.05) is 27.2 Å². The fraction of sp³-hybridized carbons (Fsp3) is 0.412. The van der Waals surface area contributed by atoms with Crippen LogP contribution in [0.15, 0.2) is 30.6 Å². The Morgan fingerprint density at radius 2 is 2.00 bits per heavy atom. The van der Waals surface area contributed by atoms with Gasteiger partial charge in [0.15, 0.2) is 0 Å². The van der Waals surface area contributed by atoms with Crippen LogP contribution >= 0.6 is 0 Å². The molecule has 4 rings (SSSR count). The monoisotopic (exact) mass is 312 g/mol. The molecule has 0 aliphatic carbocycles. The molecule has 2 atom stereocenters. The number of rotatable bonds is 1. The van der Waals surface area contributed by atoms with Crippen LogP contribution in [0.5, 0.6) is 5.75 Å². The molecule has 3 heterocycles. The number of aromatic nitrogens is 2. The van der Waals surface area contributed by atoms with E-state index < -0.39 is 0 Å². The summed E-state index contributed by atoms with van der Waals surface area (Å²) >= 11 is 0. The third-order valence-electron chi connectivity index (χ3n) is 4.77. The predicted octanol–water partition coefficient (Wildman–Crippen LogP) is 1.23. The summed E-state index contributed by atoms with van der Waals surface area (Å²) in [6, 6.07) is 5.87. The third-order valence-corrected chi connectivity index (χ3v) is 4.77. The average molecular weight is 312 g/mol. The van der Waals surface area contributed by atoms with E-state index in [2.05, 4.69) is 17.0 Å². The highest BCUT2D eigenvalue weighted by molar-refractivity contribution is 5.98. The van der Waals surface area contributed by atoms with Crippen LogP contribution in [0.25, 0.3) is 11.1 Å². The molecule has 1 amide bonds. The van der Waals surface area contributed by atoms with E-state index in [0.717, 1.165) is 24.2 Å². The highest BCUT2D eigenvalue weighted by Gasteiger charge is 2.41. The molecule has 1 fully saturated rings. The van der Waals surface area contributed by atoms with E-state index in [4.69, 9.17) is 4.74 Å². The highest BCUT2D eigenvalue weighted by atomic mass is 16.5. The number of benzene rings is 1. The molecule has 6 nitrogen and oxygen atoms in total. The largest absolute Gasteiger partial charge is 0.486 e. The zero-order valence-electron chi connectivity index (χ0n) is 13.6. The summed E-state index contributed by atoms with van der Waals surface area (Å²) in [7, 11) is 5.82. The minimum atomic E-state index is 0.0133. The Balaban J connectivity index is 1.76. The maximum absolute atomic E-state index is 12.7. The average Bonchev–Trinajstić information content (AvgIpc) is 3.09. The molecule has 2 aliphatic heterocycles. The van der Waals surface area contributed by atoms with Crippen LogP contribution in [0.3, 0.4) is 0 Å². The van der Waals surface area contributed by atoms with Crippen LogP contribution in [0, 0.1) is 0 Å². The van der Waals surface area contributed by atoms with Gasteiger partial charge in [0, 0.05) is 38.9 Å². The molecule has 23 heavy (non-hydrogen) atoms. The second-order valence-corrected chi connectivity index (χ2v) is 6.47. The van der Waals surface area contributed by atoms with Crippen molar-refractivity contribution >= 4 is 5.91 Å². The number of likely N-dealkylation sites (tertiary alicyclic amines) is 1. The number of ether oxygens (including phenoxy) is 1. The Kier molecular flexibility index (Phi) is 3.16. The van der Waals surface area contributed by atoms with Crippen LogP contribution in [-0.4, -0.2) is 64.8 Å². The fourth-order valence-electron chi connectivity index (χ4n) is 3.48. The molecule has 1 saturated heterocycles. The molecule has 0 radical (unpaired) electrons. The van der Waals surface area contributed by atoms with Gasteiger partial charge < -0.3 is 14.5 Å². The van der Waals surface area contributed by atoms with E-state index in [1.807, 2.05) is 49.6 Å². The molecule has 0 unspecified atom stereocenters. The first-order valence-corrected chi connectivity index (χ1v) is 7.78. The molecule has 0 bridgehead atoms. The summed E-state index contributed by atoms with van der Waals surface area (Å²) < 4.78 is 8.00. The van der Waals surface area contributed by atoms with Crippen LogP contribution in [-0.2, 0) is 7.05 Å². The SMILES string of the molecule is CN1C[C@@H]2Oc3cc(-c4cnn(C)c4)ccc3C(=O)N(C)[C@@H]2C1. The second-order valence-electron chi connectivity index (χ2n) is 6.47. The molecule has 1 aromatic carbocycles. The van der Waals surface area contributed by atoms with Crippen molar-refractivity contribution in [3.63, 3.8) is 0 Å². The molecule has 6 heteroatoms. The first kappa shape index (κ1) is 14.3. The van der Waals surface area contributed by atoms with Crippen molar-refractivity contribution in [3.8, 4) is 16.9 Å². The lowest BCUT2D eigenvalue weighted by molar-refractivity contribution is 0.0682. The number of aryl methyl sites for hydroxylation is 1. The molecule has 0 spiro atoms. The van der Waals surface area contributed by atoms with Gasteiger partial charge in [0.25, 0.3) is 5.91 Å². The van der Waals surface area contributed by atoms with E-state index in [9.17, 15) is 4.79 Å². The van der Waals surface area contributed by atoms with Crippen LogP contribution < -0.4 is 4.74 Å². The minimum Gasteiger partial charge on any atom is -0.486 e. The predicted molar refractivity (Wildman–Crippen MR) is 86.4 cm³/mol. The zero-order valence-corrected chi connectivity index (χ0v) is 13.6. The summed E-state index contributed by atoms with van der Waals surface area (Å²) in [5.41, 5.74) is 2.67. The Morgan fingerprint density at radius 3 is 2.74 bits per heavy atom. The molecular formula is C17H20N4O2. The minimum absolute atomic E-state index is 0.0133. The lowest BCUT2D eigenvalue weighted by Crippen LogP contribution is -2.44. The summed E-state index contributed by atoms with van der Waals surface area (Å²) in [5, 5.41) is 4.21. The van der Waals surface area contributed by atoms with Gasteiger partial charge in [-0.05, 0) is 24.7 Å². The van der Waals surface area contributed by atoms with E-state index in [0.29, 0.717) is 11.3 Å². The molecular weight excluding hydrogens is 292 g/mol. The normalized spacial score (nSPS) is 24.1. The Bertz CT molecular complexity index is 770. The second kappa shape index (κ2) is 5.09. The van der Waals surface area contributed by atoms with Gasteiger partial charge in [0.1, 0.15) is 11.9 Å². The van der Waals surface area contributed by atoms with Crippen molar-refractivity contribution in [1.29, 1.82) is 0 Å². The quantitative estimate of drug-likeness (QED) is 0.795. The maximum Gasteiger partial charge on any atom is 0.257 e. The molecule has 1 aromatic heterocycles. The number of hydrogen-bond acceptors (Lipinski definition) is 4. The third kappa shape index (κ3) is 2.30. The number of nitrogens with zero attached hydrogens (tertiary/aromatic N) is 4. The van der Waals surface area contributed by atoms with Crippen molar-refractivity contribution in [1.82, 2.24) is 19.6 Å². The maximum atomic E-state index is 12.7. The first-order chi connectivity index (χ1) is 11.0. The van der Waals surface area contributed by atoms with Crippen LogP contribution in [0.4, 0.5) is 0 Å². The zero-order chi connectivity index (χ0) is 16.1. The van der Waals surface area contributed by atoms with Crippen LogP contribution in [0.1, 0.15) is 10.4 Å². The molecule has 2 aliphatic rings. The Hall–Kier alpha value is -2.34.